The van der Waals surface area contributed by atoms with Crippen molar-refractivity contribution in [3.8, 4) is 0 Å². The third-order valence-corrected chi connectivity index (χ3v) is 2.65. The van der Waals surface area contributed by atoms with Crippen molar-refractivity contribution < 1.29 is 9.53 Å². The molecule has 2 atom stereocenters. The highest BCUT2D eigenvalue weighted by atomic mass is 16.6. The second-order valence-corrected chi connectivity index (χ2v) is 5.74. The average Bonchev–Trinajstić information content (AvgIpc) is 2.13. The number of ether oxygens (including phenoxy) is 1. The van der Waals surface area contributed by atoms with Gasteiger partial charge in [-0.25, -0.2) is 4.79 Å². The van der Waals surface area contributed by atoms with Crippen LogP contribution in [0.15, 0.2) is 0 Å². The van der Waals surface area contributed by atoms with Crippen molar-refractivity contribution in [1.29, 1.82) is 0 Å². The molecule has 3 nitrogen and oxygen atoms in total. The highest BCUT2D eigenvalue weighted by Gasteiger charge is 2.16. The van der Waals surface area contributed by atoms with Crippen LogP contribution in [0, 0.1) is 11.8 Å². The quantitative estimate of drug-likeness (QED) is 0.734. The van der Waals surface area contributed by atoms with Crippen LogP contribution in [0.3, 0.4) is 0 Å². The summed E-state index contributed by atoms with van der Waals surface area (Å²) in [5.41, 5.74) is 0. The third kappa shape index (κ3) is 9.02. The molecule has 0 fully saturated rings. The Kier molecular flexibility index (Phi) is 8.01. The first kappa shape index (κ1) is 16.3. The molecule has 3 heteroatoms. The number of carbonyl (C=O) groups excluding carboxylic acids is 1. The molecule has 0 aromatic rings. The van der Waals surface area contributed by atoms with E-state index in [4.69, 9.17) is 4.74 Å². The lowest BCUT2D eigenvalue weighted by molar-refractivity contribution is 0.0802. The van der Waals surface area contributed by atoms with Gasteiger partial charge in [-0.1, -0.05) is 34.6 Å². The largest absolute Gasteiger partial charge is 0.446 e. The first-order valence-electron chi connectivity index (χ1n) is 6.82. The molecule has 1 amide bonds. The Hall–Kier alpha value is -0.730. The second kappa shape index (κ2) is 8.37. The van der Waals surface area contributed by atoms with Crippen molar-refractivity contribution in [3.63, 3.8) is 0 Å². The fourth-order valence-corrected chi connectivity index (χ4v) is 1.98. The first-order chi connectivity index (χ1) is 7.85. The summed E-state index contributed by atoms with van der Waals surface area (Å²) in [6.07, 6.45) is 2.56. The van der Waals surface area contributed by atoms with E-state index in [-0.39, 0.29) is 18.2 Å². The average molecular weight is 243 g/mol. The zero-order chi connectivity index (χ0) is 13.4. The fraction of sp³-hybridized carbons (Fsp3) is 0.929. The number of rotatable bonds is 7. The van der Waals surface area contributed by atoms with Gasteiger partial charge in [0.15, 0.2) is 0 Å². The molecule has 0 spiro atoms. The summed E-state index contributed by atoms with van der Waals surface area (Å²) in [6.45, 7) is 12.7. The van der Waals surface area contributed by atoms with Crippen molar-refractivity contribution in [2.24, 2.45) is 11.8 Å². The van der Waals surface area contributed by atoms with Gasteiger partial charge < -0.3 is 10.1 Å². The number of hydrogen-bond acceptors (Lipinski definition) is 2. The molecular formula is C14H29NO2. The molecule has 0 bridgehead atoms. The molecule has 0 aliphatic heterocycles. The van der Waals surface area contributed by atoms with Crippen LogP contribution in [0.1, 0.15) is 60.8 Å². The minimum Gasteiger partial charge on any atom is -0.446 e. The van der Waals surface area contributed by atoms with E-state index in [0.29, 0.717) is 11.8 Å². The van der Waals surface area contributed by atoms with Gasteiger partial charge in [-0.15, -0.1) is 0 Å². The zero-order valence-corrected chi connectivity index (χ0v) is 12.2. The van der Waals surface area contributed by atoms with Crippen LogP contribution in [0.25, 0.3) is 0 Å². The Morgan fingerprint density at radius 3 is 2.00 bits per heavy atom. The summed E-state index contributed by atoms with van der Waals surface area (Å²) >= 11 is 0. The minimum atomic E-state index is -0.273. The Morgan fingerprint density at radius 1 is 1.06 bits per heavy atom. The number of nitrogens with one attached hydrogen (secondary N) is 1. The van der Waals surface area contributed by atoms with Crippen LogP contribution in [0.5, 0.6) is 0 Å². The summed E-state index contributed by atoms with van der Waals surface area (Å²) in [5.74, 6) is 1.14. The van der Waals surface area contributed by atoms with Crippen molar-refractivity contribution in [2.75, 3.05) is 0 Å². The fourth-order valence-electron chi connectivity index (χ4n) is 1.98. The number of amides is 1. The van der Waals surface area contributed by atoms with Gasteiger partial charge in [0.1, 0.15) is 6.10 Å². The van der Waals surface area contributed by atoms with Gasteiger partial charge in [-0.05, 0) is 38.0 Å². The van der Waals surface area contributed by atoms with Gasteiger partial charge in [0.2, 0.25) is 0 Å². The topological polar surface area (TPSA) is 38.3 Å². The van der Waals surface area contributed by atoms with Crippen molar-refractivity contribution in [3.05, 3.63) is 0 Å². The first-order valence-corrected chi connectivity index (χ1v) is 6.82. The van der Waals surface area contributed by atoms with Gasteiger partial charge in [-0.3, -0.25) is 0 Å². The summed E-state index contributed by atoms with van der Waals surface area (Å²) in [7, 11) is 0. The molecule has 0 radical (unpaired) electrons. The molecule has 0 rings (SSSR count). The van der Waals surface area contributed by atoms with Crippen LogP contribution < -0.4 is 5.32 Å². The maximum Gasteiger partial charge on any atom is 0.407 e. The molecule has 0 heterocycles. The van der Waals surface area contributed by atoms with Crippen LogP contribution in [0.4, 0.5) is 4.79 Å². The van der Waals surface area contributed by atoms with Gasteiger partial charge in [0, 0.05) is 6.04 Å². The predicted octanol–water partition coefficient (Wildman–Crippen LogP) is 3.97. The van der Waals surface area contributed by atoms with E-state index in [2.05, 4.69) is 39.9 Å². The van der Waals surface area contributed by atoms with Gasteiger partial charge in [-0.2, -0.15) is 0 Å². The highest BCUT2D eigenvalue weighted by molar-refractivity contribution is 5.67. The van der Waals surface area contributed by atoms with Crippen molar-refractivity contribution in [2.45, 2.75) is 73.0 Å². The predicted molar refractivity (Wildman–Crippen MR) is 72.1 cm³/mol. The van der Waals surface area contributed by atoms with E-state index >= 15 is 0 Å². The van der Waals surface area contributed by atoms with E-state index in [0.717, 1.165) is 19.3 Å². The maximum absolute atomic E-state index is 11.7. The lowest BCUT2D eigenvalue weighted by Gasteiger charge is -2.21. The van der Waals surface area contributed by atoms with Crippen LogP contribution in [-0.4, -0.2) is 18.2 Å². The smallest absolute Gasteiger partial charge is 0.407 e. The summed E-state index contributed by atoms with van der Waals surface area (Å²) in [5, 5.41) is 2.89. The molecule has 1 unspecified atom stereocenters. The third-order valence-electron chi connectivity index (χ3n) is 2.65. The standard InChI is InChI=1S/C14H29NO2/c1-7-13(9-11(4)5)17-14(16)15-12(6)8-10(2)3/h10-13H,7-9H2,1-6H3,(H,15,16)/t12?,13-/m0/s1. The number of alkyl carbamates (subject to hydrolysis) is 1. The van der Waals surface area contributed by atoms with Crippen LogP contribution in [-0.2, 0) is 4.74 Å². The Balaban J connectivity index is 3.97. The molecule has 0 aliphatic rings. The molecule has 0 saturated carbocycles. The Morgan fingerprint density at radius 2 is 1.59 bits per heavy atom. The van der Waals surface area contributed by atoms with E-state index in [1.54, 1.807) is 0 Å². The van der Waals surface area contributed by atoms with E-state index in [9.17, 15) is 4.79 Å². The minimum absolute atomic E-state index is 0.0428. The summed E-state index contributed by atoms with van der Waals surface area (Å²) in [6, 6.07) is 0.180. The Labute approximate surface area is 106 Å². The van der Waals surface area contributed by atoms with Gasteiger partial charge in [0.25, 0.3) is 0 Å². The molecule has 0 aromatic carbocycles. The van der Waals surface area contributed by atoms with E-state index < -0.39 is 0 Å². The normalized spacial score (nSPS) is 14.8. The van der Waals surface area contributed by atoms with Crippen LogP contribution >= 0.6 is 0 Å². The van der Waals surface area contributed by atoms with Crippen molar-refractivity contribution >= 4 is 6.09 Å². The molecule has 0 aliphatic carbocycles. The highest BCUT2D eigenvalue weighted by Crippen LogP contribution is 2.12. The molecule has 102 valence electrons. The summed E-state index contributed by atoms with van der Waals surface area (Å²) in [4.78, 5) is 11.7. The van der Waals surface area contributed by atoms with E-state index in [1.807, 2.05) is 6.92 Å². The monoisotopic (exact) mass is 243 g/mol. The van der Waals surface area contributed by atoms with Gasteiger partial charge in [0.05, 0.1) is 0 Å². The SMILES string of the molecule is CC[C@@H](CC(C)C)OC(=O)NC(C)CC(C)C. The molecular weight excluding hydrogens is 214 g/mol. The van der Waals surface area contributed by atoms with Crippen molar-refractivity contribution in [1.82, 2.24) is 5.32 Å². The zero-order valence-electron chi connectivity index (χ0n) is 12.2. The number of carbonyl (C=O) groups is 1. The molecule has 17 heavy (non-hydrogen) atoms. The second-order valence-electron chi connectivity index (χ2n) is 5.74. The molecule has 1 N–H and O–H groups in total. The lowest BCUT2D eigenvalue weighted by atomic mass is 10.0. The molecule has 0 saturated heterocycles. The Bertz CT molecular complexity index is 214. The van der Waals surface area contributed by atoms with Crippen LogP contribution in [0.2, 0.25) is 0 Å². The maximum atomic E-state index is 11.7. The number of hydrogen-bond donors (Lipinski definition) is 1. The lowest BCUT2D eigenvalue weighted by Crippen LogP contribution is -2.36. The van der Waals surface area contributed by atoms with Gasteiger partial charge >= 0.3 is 6.09 Å². The summed E-state index contributed by atoms with van der Waals surface area (Å²) < 4.78 is 5.41. The van der Waals surface area contributed by atoms with E-state index in [1.165, 1.54) is 0 Å². The molecule has 0 aromatic heterocycles.